The number of carbonyl (C=O) groups excluding carboxylic acids is 1. The summed E-state index contributed by atoms with van der Waals surface area (Å²) in [6, 6.07) is 10.3. The van der Waals surface area contributed by atoms with E-state index in [-0.39, 0.29) is 23.3 Å². The third-order valence-corrected chi connectivity index (χ3v) is 10.2. The van der Waals surface area contributed by atoms with Crippen LogP contribution < -0.4 is 21.9 Å². The van der Waals surface area contributed by atoms with E-state index in [1.54, 1.807) is 0 Å². The maximum Gasteiger partial charge on any atom is 0.329 e. The van der Waals surface area contributed by atoms with Crippen LogP contribution in [0.25, 0.3) is 22.2 Å². The minimum atomic E-state index is -0.499. The van der Waals surface area contributed by atoms with Crippen LogP contribution in [-0.2, 0) is 22.4 Å². The number of carbonyl (C=O) groups is 1. The minimum Gasteiger partial charge on any atom is -0.381 e. The van der Waals surface area contributed by atoms with Gasteiger partial charge >= 0.3 is 5.69 Å². The largest absolute Gasteiger partial charge is 0.381 e. The van der Waals surface area contributed by atoms with Crippen LogP contribution in [0.1, 0.15) is 83.9 Å². The maximum atomic E-state index is 13.8. The Morgan fingerprint density at radius 1 is 0.936 bits per heavy atom. The van der Waals surface area contributed by atoms with Crippen molar-refractivity contribution in [3.63, 3.8) is 0 Å². The van der Waals surface area contributed by atoms with Gasteiger partial charge in [0.1, 0.15) is 0 Å². The van der Waals surface area contributed by atoms with Crippen molar-refractivity contribution in [2.24, 2.45) is 5.73 Å². The van der Waals surface area contributed by atoms with Gasteiger partial charge in [-0.15, -0.1) is 0 Å². The highest BCUT2D eigenvalue weighted by atomic mass is 16.5. The molecule has 6 rings (SSSR count). The van der Waals surface area contributed by atoms with Crippen LogP contribution in [0.4, 0.5) is 5.69 Å². The van der Waals surface area contributed by atoms with E-state index in [1.807, 2.05) is 61.1 Å². The number of aryl methyl sites for hydroxylation is 3. The van der Waals surface area contributed by atoms with E-state index in [0.29, 0.717) is 57.1 Å². The predicted octanol–water partition coefficient (Wildman–Crippen LogP) is 5.15. The molecule has 0 bridgehead atoms. The first kappa shape index (κ1) is 32.8. The summed E-state index contributed by atoms with van der Waals surface area (Å²) in [5.41, 5.74) is 14.9. The fraction of sp³-hybridized carbons (Fsp3) is 0.486. The molecule has 4 aromatic rings. The third kappa shape index (κ3) is 6.05. The van der Waals surface area contributed by atoms with E-state index in [1.165, 1.54) is 0 Å². The van der Waals surface area contributed by atoms with E-state index < -0.39 is 5.91 Å². The van der Waals surface area contributed by atoms with Gasteiger partial charge in [0, 0.05) is 80.5 Å². The van der Waals surface area contributed by atoms with Crippen LogP contribution in [0.15, 0.2) is 39.9 Å². The number of primary amides is 1. The fourth-order valence-corrected chi connectivity index (χ4v) is 7.82. The number of aromatic amines is 1. The number of hydrogen-bond acceptors (Lipinski definition) is 6. The van der Waals surface area contributed by atoms with Gasteiger partial charge in [-0.05, 0) is 112 Å². The van der Waals surface area contributed by atoms with E-state index in [0.717, 1.165) is 75.9 Å². The number of benzene rings is 2. The summed E-state index contributed by atoms with van der Waals surface area (Å²) in [6.45, 7) is 13.8. The molecule has 2 aliphatic rings. The van der Waals surface area contributed by atoms with Crippen molar-refractivity contribution in [2.45, 2.75) is 85.4 Å². The summed E-state index contributed by atoms with van der Waals surface area (Å²) in [6.07, 6.45) is 3.68. The van der Waals surface area contributed by atoms with Crippen LogP contribution >= 0.6 is 0 Å². The molecular weight excluding hydrogens is 594 g/mol. The molecule has 2 aromatic carbocycles. The molecule has 0 unspecified atom stereocenters. The van der Waals surface area contributed by atoms with Gasteiger partial charge < -0.3 is 25.1 Å². The van der Waals surface area contributed by atoms with Crippen LogP contribution in [0.3, 0.4) is 0 Å². The molecule has 2 saturated heterocycles. The first-order valence-electron chi connectivity index (χ1n) is 17.0. The molecule has 2 fully saturated rings. The first-order chi connectivity index (χ1) is 22.6. The Hall–Kier alpha value is -4.15. The van der Waals surface area contributed by atoms with Gasteiger partial charge in [0.25, 0.3) is 5.56 Å². The number of hydrogen-bond donors (Lipinski definition) is 2. The van der Waals surface area contributed by atoms with Crippen molar-refractivity contribution in [3.8, 4) is 11.1 Å². The number of nitrogens with two attached hydrogens (primary N) is 1. The van der Waals surface area contributed by atoms with Crippen molar-refractivity contribution in [2.75, 3.05) is 37.9 Å². The monoisotopic (exact) mass is 641 g/mol. The van der Waals surface area contributed by atoms with E-state index in [2.05, 4.69) is 22.9 Å². The standard InChI is InChI=1S/C37H47N5O5/c1-6-40(26-10-14-46-15-11-26)34-24(5)29(35(38)43)21-30(31(34)20-28-22(3)18-23(4)39-36(28)44)25-8-9-32-33(19-25)41(7-2)37(45)42(32)27-12-16-47-17-13-27/h8-9,18-19,21,26-27H,6-7,10-17,20H2,1-5H3,(H2,38,43)(H,39,44). The van der Waals surface area contributed by atoms with Gasteiger partial charge in [0.05, 0.1) is 11.0 Å². The van der Waals surface area contributed by atoms with Crippen LogP contribution in [0.5, 0.6) is 0 Å². The van der Waals surface area contributed by atoms with Crippen molar-refractivity contribution in [1.82, 2.24) is 14.1 Å². The van der Waals surface area contributed by atoms with Gasteiger partial charge in [-0.1, -0.05) is 6.07 Å². The lowest BCUT2D eigenvalue weighted by Crippen LogP contribution is -2.41. The number of ether oxygens (including phenoxy) is 2. The highest BCUT2D eigenvalue weighted by Crippen LogP contribution is 2.41. The molecule has 47 heavy (non-hydrogen) atoms. The van der Waals surface area contributed by atoms with Gasteiger partial charge in [-0.2, -0.15) is 0 Å². The number of rotatable bonds is 9. The number of amides is 1. The van der Waals surface area contributed by atoms with Crippen molar-refractivity contribution in [1.29, 1.82) is 0 Å². The number of H-pyrrole nitrogens is 1. The Labute approximate surface area is 275 Å². The molecule has 0 radical (unpaired) electrons. The second-order valence-electron chi connectivity index (χ2n) is 13.0. The molecule has 3 N–H and O–H groups in total. The molecule has 0 atom stereocenters. The van der Waals surface area contributed by atoms with E-state index in [9.17, 15) is 14.4 Å². The number of fused-ring (bicyclic) bond motifs is 1. The number of anilines is 1. The molecule has 1 amide bonds. The Morgan fingerprint density at radius 3 is 2.23 bits per heavy atom. The lowest BCUT2D eigenvalue weighted by atomic mass is 9.86. The Balaban J connectivity index is 1.64. The van der Waals surface area contributed by atoms with Crippen LogP contribution in [0.2, 0.25) is 0 Å². The van der Waals surface area contributed by atoms with E-state index >= 15 is 0 Å². The second-order valence-corrected chi connectivity index (χ2v) is 13.0. The molecule has 0 aliphatic carbocycles. The Morgan fingerprint density at radius 2 is 1.62 bits per heavy atom. The van der Waals surface area contributed by atoms with Crippen molar-refractivity contribution < 1.29 is 14.3 Å². The van der Waals surface area contributed by atoms with Crippen LogP contribution in [0, 0.1) is 20.8 Å². The van der Waals surface area contributed by atoms with Crippen LogP contribution in [-0.4, -0.2) is 59.0 Å². The summed E-state index contributed by atoms with van der Waals surface area (Å²) in [5.74, 6) is -0.499. The van der Waals surface area contributed by atoms with Gasteiger partial charge in [0.2, 0.25) is 5.91 Å². The quantitative estimate of drug-likeness (QED) is 0.261. The summed E-state index contributed by atoms with van der Waals surface area (Å²) in [7, 11) is 0. The third-order valence-electron chi connectivity index (χ3n) is 10.2. The predicted molar refractivity (Wildman–Crippen MR) is 186 cm³/mol. The molecule has 2 aromatic heterocycles. The van der Waals surface area contributed by atoms with E-state index in [4.69, 9.17) is 15.2 Å². The zero-order chi connectivity index (χ0) is 33.4. The zero-order valence-corrected chi connectivity index (χ0v) is 28.3. The number of imidazole rings is 1. The molecule has 250 valence electrons. The topological polar surface area (TPSA) is 125 Å². The average Bonchev–Trinajstić information content (AvgIpc) is 3.34. The SMILES string of the molecule is CCN(c1c(C)c(C(N)=O)cc(-c2ccc3c(c2)n(CC)c(=O)n3C2CCOCC2)c1Cc1c(C)cc(C)[nH]c1=O)C1CCOCC1. The smallest absolute Gasteiger partial charge is 0.329 e. The van der Waals surface area contributed by atoms with Gasteiger partial charge in [0.15, 0.2) is 0 Å². The normalized spacial score (nSPS) is 16.2. The van der Waals surface area contributed by atoms with Gasteiger partial charge in [-0.3, -0.25) is 18.7 Å². The minimum absolute atomic E-state index is 0.0207. The summed E-state index contributed by atoms with van der Waals surface area (Å²) >= 11 is 0. The zero-order valence-electron chi connectivity index (χ0n) is 28.3. The lowest BCUT2D eigenvalue weighted by Gasteiger charge is -2.38. The van der Waals surface area contributed by atoms with Crippen molar-refractivity contribution >= 4 is 22.6 Å². The number of nitrogens with one attached hydrogen (secondary N) is 1. The fourth-order valence-electron chi connectivity index (χ4n) is 7.82. The molecule has 0 saturated carbocycles. The van der Waals surface area contributed by atoms with Crippen molar-refractivity contribution in [3.05, 3.63) is 84.7 Å². The molecule has 10 heteroatoms. The lowest BCUT2D eigenvalue weighted by molar-refractivity contribution is 0.0696. The number of pyridine rings is 1. The Bertz CT molecular complexity index is 1920. The molecule has 0 spiro atoms. The number of nitrogens with zero attached hydrogens (tertiary/aromatic N) is 3. The molecular formula is C37H47N5O5. The molecule has 10 nitrogen and oxygen atoms in total. The van der Waals surface area contributed by atoms with Gasteiger partial charge in [-0.25, -0.2) is 4.79 Å². The second kappa shape index (κ2) is 13.5. The summed E-state index contributed by atoms with van der Waals surface area (Å²) in [5, 5.41) is 0. The average molecular weight is 642 g/mol. The maximum absolute atomic E-state index is 13.8. The highest BCUT2D eigenvalue weighted by Gasteiger charge is 2.30. The summed E-state index contributed by atoms with van der Waals surface area (Å²) in [4.78, 5) is 45.7. The number of aromatic nitrogens is 3. The molecule has 2 aliphatic heterocycles. The summed E-state index contributed by atoms with van der Waals surface area (Å²) < 4.78 is 15.1. The highest BCUT2D eigenvalue weighted by molar-refractivity contribution is 5.99. The Kier molecular flexibility index (Phi) is 9.43. The molecule has 4 heterocycles. The first-order valence-corrected chi connectivity index (χ1v) is 17.0.